The number of amides is 1. The first-order valence-electron chi connectivity index (χ1n) is 6.32. The third-order valence-electron chi connectivity index (χ3n) is 3.41. The van der Waals surface area contributed by atoms with Crippen LogP contribution >= 0.6 is 0 Å². The van der Waals surface area contributed by atoms with Crippen LogP contribution in [-0.4, -0.2) is 30.7 Å². The molecule has 0 aliphatic carbocycles. The molecule has 0 unspecified atom stereocenters. The fraction of sp³-hybridized carbons (Fsp3) is 0.833. The Hall–Kier alpha value is -1.27. The summed E-state index contributed by atoms with van der Waals surface area (Å²) in [5.74, 6) is -2.53. The molecule has 4 nitrogen and oxygen atoms in total. The van der Waals surface area contributed by atoms with Crippen LogP contribution in [0.25, 0.3) is 0 Å². The Kier molecular flexibility index (Phi) is 4.81. The summed E-state index contributed by atoms with van der Waals surface area (Å²) in [7, 11) is 0. The smallest absolute Gasteiger partial charge is 0.463 e. The predicted molar refractivity (Wildman–Crippen MR) is 61.2 cm³/mol. The summed E-state index contributed by atoms with van der Waals surface area (Å²) in [5.41, 5.74) is -1.02. The molecule has 0 saturated carbocycles. The van der Waals surface area contributed by atoms with E-state index in [1.807, 2.05) is 19.2 Å². The Morgan fingerprint density at radius 3 is 2.32 bits per heavy atom. The zero-order chi connectivity index (χ0) is 14.7. The summed E-state index contributed by atoms with van der Waals surface area (Å²) in [6.07, 6.45) is -2.87. The van der Waals surface area contributed by atoms with Crippen molar-refractivity contribution >= 4 is 11.9 Å². The molecule has 1 heterocycles. The van der Waals surface area contributed by atoms with Crippen molar-refractivity contribution in [2.75, 3.05) is 6.61 Å². The van der Waals surface area contributed by atoms with E-state index >= 15 is 0 Å². The summed E-state index contributed by atoms with van der Waals surface area (Å²) < 4.78 is 41.7. The Bertz CT molecular complexity index is 349. The largest absolute Gasteiger partial charge is 0.471 e. The van der Waals surface area contributed by atoms with Crippen LogP contribution in [0.1, 0.15) is 39.5 Å². The SMILES string of the molecule is CCCC1(CCC)C(=O)OC[C@H]1NC(=O)C(F)(F)F. The van der Waals surface area contributed by atoms with Gasteiger partial charge in [0.1, 0.15) is 6.61 Å². The van der Waals surface area contributed by atoms with Crippen LogP contribution in [0.5, 0.6) is 0 Å². The minimum atomic E-state index is -4.95. The van der Waals surface area contributed by atoms with Crippen LogP contribution in [-0.2, 0) is 14.3 Å². The van der Waals surface area contributed by atoms with Gasteiger partial charge in [0.05, 0.1) is 11.5 Å². The molecular formula is C12H18F3NO3. The second-order valence-corrected chi connectivity index (χ2v) is 4.78. The summed E-state index contributed by atoms with van der Waals surface area (Å²) >= 11 is 0. The normalized spacial score (nSPS) is 22.2. The quantitative estimate of drug-likeness (QED) is 0.786. The van der Waals surface area contributed by atoms with Crippen LogP contribution in [0.4, 0.5) is 13.2 Å². The number of hydrogen-bond acceptors (Lipinski definition) is 3. The lowest BCUT2D eigenvalue weighted by atomic mass is 9.74. The molecule has 1 atom stereocenters. The third-order valence-corrected chi connectivity index (χ3v) is 3.41. The lowest BCUT2D eigenvalue weighted by Crippen LogP contribution is -2.52. The molecule has 0 aromatic heterocycles. The molecule has 0 radical (unpaired) electrons. The van der Waals surface area contributed by atoms with Gasteiger partial charge < -0.3 is 10.1 Å². The number of hydrogen-bond donors (Lipinski definition) is 1. The van der Waals surface area contributed by atoms with Gasteiger partial charge >= 0.3 is 18.1 Å². The van der Waals surface area contributed by atoms with Crippen molar-refractivity contribution in [3.8, 4) is 0 Å². The van der Waals surface area contributed by atoms with Gasteiger partial charge in [0.2, 0.25) is 0 Å². The minimum absolute atomic E-state index is 0.194. The molecule has 1 rings (SSSR count). The van der Waals surface area contributed by atoms with Crippen molar-refractivity contribution in [1.82, 2.24) is 5.32 Å². The Balaban J connectivity index is 2.91. The van der Waals surface area contributed by atoms with Crippen LogP contribution in [0.3, 0.4) is 0 Å². The van der Waals surface area contributed by atoms with Crippen LogP contribution in [0.15, 0.2) is 0 Å². The molecule has 1 aliphatic heterocycles. The molecule has 1 amide bonds. The van der Waals surface area contributed by atoms with Crippen LogP contribution in [0, 0.1) is 5.41 Å². The summed E-state index contributed by atoms with van der Waals surface area (Å²) in [5, 5.41) is 1.90. The fourth-order valence-electron chi connectivity index (χ4n) is 2.59. The third kappa shape index (κ3) is 3.19. The van der Waals surface area contributed by atoms with E-state index < -0.39 is 29.5 Å². The van der Waals surface area contributed by atoms with E-state index in [-0.39, 0.29) is 6.61 Å². The molecule has 7 heteroatoms. The van der Waals surface area contributed by atoms with Crippen molar-refractivity contribution in [3.05, 3.63) is 0 Å². The standard InChI is InChI=1S/C12H18F3NO3/c1-3-5-11(6-4-2)8(7-19-10(11)18)16-9(17)12(13,14)15/h8H,3-7H2,1-2H3,(H,16,17)/t8-/m1/s1. The van der Waals surface area contributed by atoms with Gasteiger partial charge in [-0.2, -0.15) is 13.2 Å². The molecule has 0 aromatic carbocycles. The number of ether oxygens (including phenoxy) is 1. The maximum Gasteiger partial charge on any atom is 0.471 e. The molecular weight excluding hydrogens is 263 g/mol. The van der Waals surface area contributed by atoms with Gasteiger partial charge in [-0.15, -0.1) is 0 Å². The highest BCUT2D eigenvalue weighted by Gasteiger charge is 2.53. The fourth-order valence-corrected chi connectivity index (χ4v) is 2.59. The molecule has 0 spiro atoms. The average Bonchev–Trinajstić information content (AvgIpc) is 2.58. The summed E-state index contributed by atoms with van der Waals surface area (Å²) in [4.78, 5) is 22.9. The van der Waals surface area contributed by atoms with E-state index in [0.717, 1.165) is 0 Å². The van der Waals surface area contributed by atoms with Gasteiger partial charge in [0.25, 0.3) is 0 Å². The highest BCUT2D eigenvalue weighted by Crippen LogP contribution is 2.40. The Morgan fingerprint density at radius 1 is 1.37 bits per heavy atom. The first kappa shape index (κ1) is 15.8. The zero-order valence-corrected chi connectivity index (χ0v) is 11.0. The maximum absolute atomic E-state index is 12.3. The number of nitrogens with one attached hydrogen (secondary N) is 1. The average molecular weight is 281 g/mol. The van der Waals surface area contributed by atoms with E-state index in [1.54, 1.807) is 0 Å². The maximum atomic E-state index is 12.3. The first-order valence-corrected chi connectivity index (χ1v) is 6.32. The molecule has 19 heavy (non-hydrogen) atoms. The number of halogens is 3. The van der Waals surface area contributed by atoms with Crippen molar-refractivity contribution in [2.24, 2.45) is 5.41 Å². The van der Waals surface area contributed by atoms with Crippen molar-refractivity contribution in [3.63, 3.8) is 0 Å². The number of rotatable bonds is 5. The van der Waals surface area contributed by atoms with Crippen molar-refractivity contribution in [2.45, 2.75) is 51.7 Å². The van der Waals surface area contributed by atoms with E-state index in [1.165, 1.54) is 0 Å². The molecule has 0 bridgehead atoms. The molecule has 1 aliphatic rings. The first-order chi connectivity index (χ1) is 8.78. The molecule has 1 N–H and O–H groups in total. The van der Waals surface area contributed by atoms with Gasteiger partial charge in [-0.05, 0) is 12.8 Å². The van der Waals surface area contributed by atoms with Gasteiger partial charge in [0.15, 0.2) is 0 Å². The monoisotopic (exact) mass is 281 g/mol. The second-order valence-electron chi connectivity index (χ2n) is 4.78. The molecule has 1 saturated heterocycles. The van der Waals surface area contributed by atoms with Gasteiger partial charge in [-0.1, -0.05) is 26.7 Å². The van der Waals surface area contributed by atoms with Crippen molar-refractivity contribution < 1.29 is 27.5 Å². The second kappa shape index (κ2) is 5.79. The molecule has 1 fully saturated rings. The van der Waals surface area contributed by atoms with E-state index in [4.69, 9.17) is 4.74 Å². The molecule has 0 aromatic rings. The predicted octanol–water partition coefficient (Wildman–Crippen LogP) is 2.18. The highest BCUT2D eigenvalue weighted by atomic mass is 19.4. The lowest BCUT2D eigenvalue weighted by Gasteiger charge is -2.31. The number of carbonyl (C=O) groups excluding carboxylic acids is 2. The highest BCUT2D eigenvalue weighted by molar-refractivity contribution is 5.85. The summed E-state index contributed by atoms with van der Waals surface area (Å²) in [6.45, 7) is 3.48. The lowest BCUT2D eigenvalue weighted by molar-refractivity contribution is -0.175. The summed E-state index contributed by atoms with van der Waals surface area (Å²) in [6, 6.07) is -0.908. The minimum Gasteiger partial charge on any atom is -0.463 e. The number of alkyl halides is 3. The van der Waals surface area contributed by atoms with Crippen LogP contribution < -0.4 is 5.32 Å². The van der Waals surface area contributed by atoms with E-state index in [2.05, 4.69) is 0 Å². The van der Waals surface area contributed by atoms with Gasteiger partial charge in [-0.25, -0.2) is 0 Å². The number of carbonyl (C=O) groups is 2. The molecule has 110 valence electrons. The van der Waals surface area contributed by atoms with E-state index in [9.17, 15) is 22.8 Å². The Labute approximate surface area is 109 Å². The number of cyclic esters (lactones) is 1. The van der Waals surface area contributed by atoms with Gasteiger partial charge in [0, 0.05) is 0 Å². The van der Waals surface area contributed by atoms with Crippen molar-refractivity contribution in [1.29, 1.82) is 0 Å². The Morgan fingerprint density at radius 2 is 1.89 bits per heavy atom. The van der Waals surface area contributed by atoms with E-state index in [0.29, 0.717) is 25.7 Å². The number of esters is 1. The topological polar surface area (TPSA) is 55.4 Å². The van der Waals surface area contributed by atoms with Crippen LogP contribution in [0.2, 0.25) is 0 Å². The van der Waals surface area contributed by atoms with Gasteiger partial charge in [-0.3, -0.25) is 9.59 Å². The zero-order valence-electron chi connectivity index (χ0n) is 11.0.